The van der Waals surface area contributed by atoms with Crippen molar-refractivity contribution in [2.75, 3.05) is 0 Å². The van der Waals surface area contributed by atoms with Crippen LogP contribution in [0.3, 0.4) is 0 Å². The van der Waals surface area contributed by atoms with E-state index >= 15 is 0 Å². The van der Waals surface area contributed by atoms with Crippen LogP contribution < -0.4 is 10.6 Å². The van der Waals surface area contributed by atoms with Gasteiger partial charge < -0.3 is 25.3 Å². The molecule has 0 aliphatic heterocycles. The lowest BCUT2D eigenvalue weighted by Gasteiger charge is -2.16. The van der Waals surface area contributed by atoms with Crippen molar-refractivity contribution in [2.45, 2.75) is 32.4 Å². The number of rotatable bonds is 6. The van der Waals surface area contributed by atoms with Gasteiger partial charge >= 0.3 is 18.0 Å². The Kier molecular flexibility index (Phi) is 5.13. The van der Waals surface area contributed by atoms with Crippen LogP contribution in [0, 0.1) is 6.92 Å². The van der Waals surface area contributed by atoms with Crippen LogP contribution in [-0.4, -0.2) is 34.2 Å². The molecule has 0 aliphatic carbocycles. The van der Waals surface area contributed by atoms with Gasteiger partial charge in [0.05, 0.1) is 12.5 Å². The number of carbonyl (C=O) groups excluding carboxylic acids is 1. The molecule has 1 aromatic heterocycles. The van der Waals surface area contributed by atoms with Crippen LogP contribution >= 0.6 is 0 Å². The molecule has 110 valence electrons. The maximum atomic E-state index is 11.6. The van der Waals surface area contributed by atoms with Gasteiger partial charge in [-0.05, 0) is 26.0 Å². The Balaban J connectivity index is 2.57. The molecule has 0 spiro atoms. The zero-order valence-corrected chi connectivity index (χ0v) is 11.0. The maximum Gasteiger partial charge on any atom is 0.326 e. The van der Waals surface area contributed by atoms with E-state index in [-0.39, 0.29) is 0 Å². The molecule has 20 heavy (non-hydrogen) atoms. The minimum Gasteiger partial charge on any atom is -0.481 e. The predicted octanol–water partition coefficient (Wildman–Crippen LogP) is 0.876. The third kappa shape index (κ3) is 4.63. The van der Waals surface area contributed by atoms with Crippen LogP contribution in [-0.2, 0) is 9.59 Å². The number of furan rings is 1. The van der Waals surface area contributed by atoms with Gasteiger partial charge in [-0.1, -0.05) is 0 Å². The zero-order valence-electron chi connectivity index (χ0n) is 11.0. The van der Waals surface area contributed by atoms with Crippen molar-refractivity contribution >= 4 is 18.0 Å². The highest BCUT2D eigenvalue weighted by molar-refractivity contribution is 5.86. The molecule has 0 aliphatic rings. The van der Waals surface area contributed by atoms with Gasteiger partial charge in [0.25, 0.3) is 0 Å². The molecule has 0 bridgehead atoms. The van der Waals surface area contributed by atoms with Gasteiger partial charge in [-0.15, -0.1) is 0 Å². The summed E-state index contributed by atoms with van der Waals surface area (Å²) in [7, 11) is 0. The van der Waals surface area contributed by atoms with Crippen molar-refractivity contribution in [1.29, 1.82) is 0 Å². The first-order chi connectivity index (χ1) is 9.29. The Bertz CT molecular complexity index is 510. The van der Waals surface area contributed by atoms with Crippen LogP contribution in [0.1, 0.15) is 30.9 Å². The summed E-state index contributed by atoms with van der Waals surface area (Å²) in [5.41, 5.74) is 0. The summed E-state index contributed by atoms with van der Waals surface area (Å²) in [6.45, 7) is 3.41. The van der Waals surface area contributed by atoms with Crippen LogP contribution in [0.2, 0.25) is 0 Å². The molecule has 0 radical (unpaired) electrons. The summed E-state index contributed by atoms with van der Waals surface area (Å²) < 4.78 is 5.31. The molecule has 0 fully saturated rings. The number of hydrogen-bond donors (Lipinski definition) is 4. The molecule has 8 heteroatoms. The van der Waals surface area contributed by atoms with E-state index in [1.54, 1.807) is 26.0 Å². The lowest BCUT2D eigenvalue weighted by Crippen LogP contribution is -2.47. The first-order valence-electron chi connectivity index (χ1n) is 5.87. The number of urea groups is 1. The topological polar surface area (TPSA) is 129 Å². The third-order valence-corrected chi connectivity index (χ3v) is 2.52. The Morgan fingerprint density at radius 1 is 1.25 bits per heavy atom. The summed E-state index contributed by atoms with van der Waals surface area (Å²) in [4.78, 5) is 32.9. The highest BCUT2D eigenvalue weighted by Crippen LogP contribution is 2.15. The lowest BCUT2D eigenvalue weighted by molar-refractivity contribution is -0.145. The number of aliphatic carboxylic acids is 2. The van der Waals surface area contributed by atoms with Crippen molar-refractivity contribution in [3.63, 3.8) is 0 Å². The van der Waals surface area contributed by atoms with Crippen LogP contribution in [0.5, 0.6) is 0 Å². The van der Waals surface area contributed by atoms with Gasteiger partial charge in [-0.25, -0.2) is 9.59 Å². The molecule has 0 aromatic carbocycles. The van der Waals surface area contributed by atoms with E-state index in [1.165, 1.54) is 0 Å². The van der Waals surface area contributed by atoms with E-state index in [0.29, 0.717) is 11.5 Å². The number of nitrogens with one attached hydrogen (secondary N) is 2. The van der Waals surface area contributed by atoms with E-state index in [2.05, 4.69) is 10.6 Å². The number of carboxylic acids is 2. The van der Waals surface area contributed by atoms with Crippen molar-refractivity contribution in [1.82, 2.24) is 10.6 Å². The Morgan fingerprint density at radius 3 is 2.35 bits per heavy atom. The smallest absolute Gasteiger partial charge is 0.326 e. The molecule has 1 heterocycles. The van der Waals surface area contributed by atoms with E-state index in [9.17, 15) is 14.4 Å². The van der Waals surface area contributed by atoms with Crippen molar-refractivity contribution in [3.05, 3.63) is 23.7 Å². The first-order valence-corrected chi connectivity index (χ1v) is 5.87. The molecular formula is C12H16N2O6. The molecule has 1 unspecified atom stereocenters. The monoisotopic (exact) mass is 284 g/mol. The van der Waals surface area contributed by atoms with Gasteiger partial charge in [0.1, 0.15) is 17.6 Å². The predicted molar refractivity (Wildman–Crippen MR) is 67.2 cm³/mol. The number of carboxylic acid groups (broad SMARTS) is 2. The van der Waals surface area contributed by atoms with Crippen LogP contribution in [0.4, 0.5) is 4.79 Å². The van der Waals surface area contributed by atoms with Crippen molar-refractivity contribution in [3.8, 4) is 0 Å². The van der Waals surface area contributed by atoms with Crippen molar-refractivity contribution < 1.29 is 29.0 Å². The SMILES string of the molecule is Cc1ccc(C(C)NC(=O)N[C@@H](CC(=O)O)C(=O)O)o1. The van der Waals surface area contributed by atoms with E-state index in [0.717, 1.165) is 0 Å². The second-order valence-electron chi connectivity index (χ2n) is 4.28. The summed E-state index contributed by atoms with van der Waals surface area (Å²) in [6, 6.07) is 0.684. The van der Waals surface area contributed by atoms with E-state index in [4.69, 9.17) is 14.6 Å². The maximum absolute atomic E-state index is 11.6. The van der Waals surface area contributed by atoms with Gasteiger partial charge in [0, 0.05) is 0 Å². The van der Waals surface area contributed by atoms with Gasteiger partial charge in [-0.2, -0.15) is 0 Å². The minimum absolute atomic E-state index is 0.469. The molecule has 1 rings (SSSR count). The molecule has 1 aromatic rings. The summed E-state index contributed by atoms with van der Waals surface area (Å²) in [5.74, 6) is -1.53. The van der Waals surface area contributed by atoms with E-state index < -0.39 is 36.5 Å². The second kappa shape index (κ2) is 6.60. The molecule has 2 amide bonds. The van der Waals surface area contributed by atoms with Crippen LogP contribution in [0.15, 0.2) is 16.5 Å². The zero-order chi connectivity index (χ0) is 15.3. The molecule has 8 nitrogen and oxygen atoms in total. The summed E-state index contributed by atoms with van der Waals surface area (Å²) in [5, 5.41) is 21.9. The number of amides is 2. The average Bonchev–Trinajstić information content (AvgIpc) is 2.74. The van der Waals surface area contributed by atoms with E-state index in [1.807, 2.05) is 0 Å². The fourth-order valence-electron chi connectivity index (χ4n) is 1.53. The largest absolute Gasteiger partial charge is 0.481 e. The van der Waals surface area contributed by atoms with Gasteiger partial charge in [-0.3, -0.25) is 4.79 Å². The average molecular weight is 284 g/mol. The Labute approximate surface area is 114 Å². The third-order valence-electron chi connectivity index (χ3n) is 2.52. The lowest BCUT2D eigenvalue weighted by atomic mass is 10.2. The fourth-order valence-corrected chi connectivity index (χ4v) is 1.53. The Morgan fingerprint density at radius 2 is 1.90 bits per heavy atom. The molecule has 4 N–H and O–H groups in total. The number of hydrogen-bond acceptors (Lipinski definition) is 4. The summed E-state index contributed by atoms with van der Waals surface area (Å²) in [6.07, 6.45) is -0.697. The van der Waals surface area contributed by atoms with Gasteiger partial charge in [0.15, 0.2) is 0 Å². The Hall–Kier alpha value is -2.51. The standard InChI is InChI=1S/C12H16N2O6/c1-6-3-4-9(20-6)7(2)13-12(19)14-8(11(17)18)5-10(15)16/h3-4,7-8H,5H2,1-2H3,(H,15,16)(H,17,18)(H2,13,14,19)/t7?,8-/m0/s1. The highest BCUT2D eigenvalue weighted by atomic mass is 16.4. The molecular weight excluding hydrogens is 268 g/mol. The summed E-state index contributed by atoms with van der Waals surface area (Å²) >= 11 is 0. The number of carbonyl (C=O) groups is 3. The molecule has 0 saturated carbocycles. The highest BCUT2D eigenvalue weighted by Gasteiger charge is 2.24. The van der Waals surface area contributed by atoms with Crippen molar-refractivity contribution in [2.24, 2.45) is 0 Å². The first kappa shape index (κ1) is 15.5. The molecule has 0 saturated heterocycles. The quantitative estimate of drug-likeness (QED) is 0.613. The number of aryl methyl sites for hydroxylation is 1. The van der Waals surface area contributed by atoms with Gasteiger partial charge in [0.2, 0.25) is 0 Å². The fraction of sp³-hybridized carbons (Fsp3) is 0.417. The molecule has 2 atom stereocenters. The normalized spacial score (nSPS) is 13.3. The second-order valence-corrected chi connectivity index (χ2v) is 4.28. The minimum atomic E-state index is -1.49. The van der Waals surface area contributed by atoms with Crippen LogP contribution in [0.25, 0.3) is 0 Å².